The molecule has 0 aliphatic heterocycles. The maximum Gasteiger partial charge on any atom is 0.344 e. The normalized spacial score (nSPS) is 18.0. The number of hydrogen-bond donors (Lipinski definition) is 0. The minimum absolute atomic E-state index is 0.121. The Hall–Kier alpha value is -2.16. The topological polar surface area (TPSA) is 30.2 Å². The molecule has 3 aromatic rings. The lowest BCUT2D eigenvalue weighted by Gasteiger charge is -2.29. The van der Waals surface area contributed by atoms with Gasteiger partial charge in [-0.05, 0) is 67.6 Å². The molecule has 2 nitrogen and oxygen atoms in total. The van der Waals surface area contributed by atoms with Gasteiger partial charge in [0.2, 0.25) is 0 Å². The molecule has 1 aliphatic rings. The highest BCUT2D eigenvalue weighted by Gasteiger charge is 2.23. The van der Waals surface area contributed by atoms with Gasteiger partial charge < -0.3 is 4.42 Å². The molecule has 3 heteroatoms. The molecule has 0 saturated heterocycles. The Labute approximate surface area is 229 Å². The van der Waals surface area contributed by atoms with E-state index in [2.05, 4.69) is 19.9 Å². The minimum atomic E-state index is -0.415. The van der Waals surface area contributed by atoms with Gasteiger partial charge in [-0.2, -0.15) is 0 Å². The summed E-state index contributed by atoms with van der Waals surface area (Å²) >= 11 is 0. The second-order valence-corrected chi connectivity index (χ2v) is 11.9. The van der Waals surface area contributed by atoms with E-state index < -0.39 is 5.63 Å². The number of aryl methyl sites for hydroxylation is 1. The average molecular weight is 521 g/mol. The Kier molecular flexibility index (Phi) is 11.3. The zero-order chi connectivity index (χ0) is 26.7. The summed E-state index contributed by atoms with van der Waals surface area (Å²) in [5.74, 6) is 1.01. The van der Waals surface area contributed by atoms with Gasteiger partial charge in [-0.15, -0.1) is 0 Å². The molecule has 1 aliphatic carbocycles. The molecule has 1 fully saturated rings. The van der Waals surface area contributed by atoms with Crippen LogP contribution in [0.2, 0.25) is 0 Å². The van der Waals surface area contributed by atoms with Crippen molar-refractivity contribution in [2.75, 3.05) is 0 Å². The Balaban J connectivity index is 1.39. The molecule has 4 rings (SSSR count). The summed E-state index contributed by atoms with van der Waals surface area (Å²) in [5.41, 5.74) is 1.60. The summed E-state index contributed by atoms with van der Waals surface area (Å²) in [5, 5.41) is 2.10. The summed E-state index contributed by atoms with van der Waals surface area (Å²) in [4.78, 5) is 13.0. The molecule has 38 heavy (non-hydrogen) atoms. The standard InChI is InChI=1S/C35H49FO2/c1-3-5-7-9-10-12-14-16-28-21-24-31-30-23-22-29(25-32(30)35(37)38-34(31)33(28)36)27-19-17-26(18-20-27)15-13-11-8-6-4-2/h21-27H,3-20H2,1-2H3. The third-order valence-corrected chi connectivity index (χ3v) is 9.01. The summed E-state index contributed by atoms with van der Waals surface area (Å²) in [7, 11) is 0. The fourth-order valence-electron chi connectivity index (χ4n) is 6.56. The maximum absolute atomic E-state index is 15.4. The number of hydrogen-bond acceptors (Lipinski definition) is 2. The fourth-order valence-corrected chi connectivity index (χ4v) is 6.56. The number of fused-ring (bicyclic) bond motifs is 3. The Morgan fingerprint density at radius 1 is 0.737 bits per heavy atom. The molecular formula is C35H49FO2. The molecule has 1 saturated carbocycles. The van der Waals surface area contributed by atoms with Crippen molar-refractivity contribution >= 4 is 21.7 Å². The molecule has 208 valence electrons. The van der Waals surface area contributed by atoms with Crippen LogP contribution in [-0.2, 0) is 6.42 Å². The van der Waals surface area contributed by atoms with Gasteiger partial charge in [0.15, 0.2) is 11.4 Å². The first kappa shape index (κ1) is 28.8. The van der Waals surface area contributed by atoms with Crippen molar-refractivity contribution in [3.05, 3.63) is 57.7 Å². The summed E-state index contributed by atoms with van der Waals surface area (Å²) in [6.45, 7) is 4.50. The van der Waals surface area contributed by atoms with E-state index in [1.165, 1.54) is 102 Å². The largest absolute Gasteiger partial charge is 0.419 e. The molecule has 0 atom stereocenters. The van der Waals surface area contributed by atoms with E-state index in [1.54, 1.807) is 0 Å². The van der Waals surface area contributed by atoms with E-state index in [9.17, 15) is 4.79 Å². The molecule has 1 aromatic heterocycles. The highest BCUT2D eigenvalue weighted by atomic mass is 19.1. The van der Waals surface area contributed by atoms with Crippen molar-refractivity contribution in [2.24, 2.45) is 5.92 Å². The highest BCUT2D eigenvalue weighted by Crippen LogP contribution is 2.39. The van der Waals surface area contributed by atoms with Crippen LogP contribution in [0, 0.1) is 11.7 Å². The van der Waals surface area contributed by atoms with Crippen molar-refractivity contribution in [3.63, 3.8) is 0 Å². The van der Waals surface area contributed by atoms with E-state index in [0.717, 1.165) is 24.1 Å². The van der Waals surface area contributed by atoms with Gasteiger partial charge in [-0.3, -0.25) is 0 Å². The molecule has 0 spiro atoms. The van der Waals surface area contributed by atoms with E-state index >= 15 is 4.39 Å². The first-order valence-corrected chi connectivity index (χ1v) is 15.8. The Bertz CT molecular complexity index is 1200. The van der Waals surface area contributed by atoms with Crippen LogP contribution < -0.4 is 5.63 Å². The second kappa shape index (κ2) is 14.8. The first-order valence-electron chi connectivity index (χ1n) is 15.8. The van der Waals surface area contributed by atoms with Gasteiger partial charge in [0.1, 0.15) is 0 Å². The van der Waals surface area contributed by atoms with Crippen molar-refractivity contribution < 1.29 is 8.81 Å². The summed E-state index contributed by atoms with van der Waals surface area (Å²) in [6.07, 6.45) is 22.2. The zero-order valence-electron chi connectivity index (χ0n) is 24.0. The van der Waals surface area contributed by atoms with Gasteiger partial charge in [0.05, 0.1) is 5.39 Å². The molecule has 0 radical (unpaired) electrons. The molecule has 2 aromatic carbocycles. The highest BCUT2D eigenvalue weighted by molar-refractivity contribution is 6.04. The van der Waals surface area contributed by atoms with Gasteiger partial charge >= 0.3 is 5.63 Å². The third kappa shape index (κ3) is 7.48. The lowest BCUT2D eigenvalue weighted by molar-refractivity contribution is 0.302. The number of rotatable bonds is 15. The predicted molar refractivity (Wildman–Crippen MR) is 160 cm³/mol. The van der Waals surface area contributed by atoms with Crippen molar-refractivity contribution in [3.8, 4) is 0 Å². The van der Waals surface area contributed by atoms with E-state index in [0.29, 0.717) is 28.7 Å². The lowest BCUT2D eigenvalue weighted by Crippen LogP contribution is -2.14. The van der Waals surface area contributed by atoms with Crippen molar-refractivity contribution in [1.82, 2.24) is 0 Å². The van der Waals surface area contributed by atoms with Crippen LogP contribution in [0.4, 0.5) is 4.39 Å². The van der Waals surface area contributed by atoms with Crippen LogP contribution in [0.1, 0.15) is 140 Å². The van der Waals surface area contributed by atoms with Crippen LogP contribution >= 0.6 is 0 Å². The first-order chi connectivity index (χ1) is 18.6. The third-order valence-electron chi connectivity index (χ3n) is 9.01. The molecule has 0 amide bonds. The van der Waals surface area contributed by atoms with Gasteiger partial charge in [0, 0.05) is 10.8 Å². The van der Waals surface area contributed by atoms with Crippen LogP contribution in [0.3, 0.4) is 0 Å². The SMILES string of the molecule is CCCCCCCCCc1ccc2c(oc(=O)c3cc(C4CCC(CCCCCCC)CC4)ccc32)c1F. The zero-order valence-corrected chi connectivity index (χ0v) is 24.0. The molecule has 0 N–H and O–H groups in total. The minimum Gasteiger partial charge on any atom is -0.419 e. The number of benzene rings is 2. The molecule has 0 unspecified atom stereocenters. The predicted octanol–water partition coefficient (Wildman–Crippen LogP) is 11.0. The fraction of sp³-hybridized carbons (Fsp3) is 0.629. The average Bonchev–Trinajstić information content (AvgIpc) is 2.94. The van der Waals surface area contributed by atoms with Crippen LogP contribution in [0.15, 0.2) is 39.5 Å². The Morgan fingerprint density at radius 2 is 1.37 bits per heavy atom. The summed E-state index contributed by atoms with van der Waals surface area (Å²) in [6, 6.07) is 10.1. The monoisotopic (exact) mass is 520 g/mol. The van der Waals surface area contributed by atoms with Crippen LogP contribution in [-0.4, -0.2) is 0 Å². The van der Waals surface area contributed by atoms with E-state index in [-0.39, 0.29) is 11.4 Å². The molecule has 0 bridgehead atoms. The smallest absolute Gasteiger partial charge is 0.344 e. The van der Waals surface area contributed by atoms with Crippen molar-refractivity contribution in [2.45, 2.75) is 135 Å². The Morgan fingerprint density at radius 3 is 2.08 bits per heavy atom. The maximum atomic E-state index is 15.4. The lowest BCUT2D eigenvalue weighted by atomic mass is 9.76. The van der Waals surface area contributed by atoms with E-state index in [4.69, 9.17) is 4.42 Å². The molecular weight excluding hydrogens is 471 g/mol. The van der Waals surface area contributed by atoms with E-state index in [1.807, 2.05) is 24.3 Å². The number of unbranched alkanes of at least 4 members (excludes halogenated alkanes) is 10. The quantitative estimate of drug-likeness (QED) is 0.113. The van der Waals surface area contributed by atoms with Gasteiger partial charge in [0.25, 0.3) is 0 Å². The summed E-state index contributed by atoms with van der Waals surface area (Å²) < 4.78 is 21.0. The van der Waals surface area contributed by atoms with Gasteiger partial charge in [-0.1, -0.05) is 115 Å². The van der Waals surface area contributed by atoms with Crippen LogP contribution in [0.5, 0.6) is 0 Å². The second-order valence-electron chi connectivity index (χ2n) is 11.9. The number of halogens is 1. The molecule has 1 heterocycles. The van der Waals surface area contributed by atoms with Crippen molar-refractivity contribution in [1.29, 1.82) is 0 Å². The van der Waals surface area contributed by atoms with Crippen LogP contribution in [0.25, 0.3) is 21.7 Å². The van der Waals surface area contributed by atoms with Gasteiger partial charge in [-0.25, -0.2) is 9.18 Å².